The summed E-state index contributed by atoms with van der Waals surface area (Å²) in [6, 6.07) is 11.1. The summed E-state index contributed by atoms with van der Waals surface area (Å²) in [5.74, 6) is 0.625. The van der Waals surface area contributed by atoms with Crippen molar-refractivity contribution in [1.82, 2.24) is 9.88 Å². The van der Waals surface area contributed by atoms with Crippen LogP contribution in [0.25, 0.3) is 17.0 Å². The van der Waals surface area contributed by atoms with E-state index in [1.165, 1.54) is 7.11 Å². The van der Waals surface area contributed by atoms with Crippen LogP contribution in [0, 0.1) is 5.92 Å². The smallest absolute Gasteiger partial charge is 0.337 e. The summed E-state index contributed by atoms with van der Waals surface area (Å²) < 4.78 is 12.5. The molecule has 0 aliphatic carbocycles. The minimum absolute atomic E-state index is 0.0610. The molecule has 0 radical (unpaired) electrons. The molecule has 0 spiro atoms. The Morgan fingerprint density at radius 1 is 1.06 bits per heavy atom. The fraction of sp³-hybridized carbons (Fsp3) is 0.357. The summed E-state index contributed by atoms with van der Waals surface area (Å²) in [6.07, 6.45) is 8.22. The van der Waals surface area contributed by atoms with Crippen molar-refractivity contribution >= 4 is 28.9 Å². The number of amides is 1. The number of nitrogens with one attached hydrogen (secondary N) is 1. The van der Waals surface area contributed by atoms with Crippen molar-refractivity contribution < 1.29 is 19.1 Å². The number of esters is 1. The van der Waals surface area contributed by atoms with Gasteiger partial charge in [-0.2, -0.15) is 0 Å². The van der Waals surface area contributed by atoms with E-state index in [1.807, 2.05) is 37.3 Å². The molecule has 1 aromatic heterocycles. The van der Waals surface area contributed by atoms with Crippen molar-refractivity contribution in [2.24, 2.45) is 5.92 Å². The summed E-state index contributed by atoms with van der Waals surface area (Å²) in [7, 11) is 2.94. The number of allylic oxidation sites excluding steroid dienone is 1. The van der Waals surface area contributed by atoms with Crippen LogP contribution in [0.1, 0.15) is 65.5 Å². The summed E-state index contributed by atoms with van der Waals surface area (Å²) in [4.78, 5) is 24.8. The molecular formula is C28H34N2O4. The van der Waals surface area contributed by atoms with Gasteiger partial charge in [-0.25, -0.2) is 4.79 Å². The van der Waals surface area contributed by atoms with Crippen molar-refractivity contribution in [1.29, 1.82) is 0 Å². The van der Waals surface area contributed by atoms with Crippen LogP contribution in [-0.2, 0) is 11.3 Å². The first kappa shape index (κ1) is 25.1. The van der Waals surface area contributed by atoms with Crippen LogP contribution in [0.4, 0.5) is 0 Å². The normalized spacial score (nSPS) is 11.4. The van der Waals surface area contributed by atoms with Gasteiger partial charge >= 0.3 is 5.97 Å². The molecule has 0 unspecified atom stereocenters. The van der Waals surface area contributed by atoms with Gasteiger partial charge in [-0.15, -0.1) is 0 Å². The highest BCUT2D eigenvalue weighted by Gasteiger charge is 2.15. The minimum atomic E-state index is -0.407. The molecule has 0 saturated carbocycles. The first-order valence-corrected chi connectivity index (χ1v) is 11.7. The van der Waals surface area contributed by atoms with Crippen molar-refractivity contribution in [3.05, 3.63) is 70.9 Å². The Balaban J connectivity index is 1.98. The van der Waals surface area contributed by atoms with Crippen LogP contribution in [0.15, 0.2) is 48.7 Å². The standard InChI is InChI=1S/C28H34N2O4/c1-6-9-22-17-30(18-23-11-10-21(28(32)34-5)15-26(23)33-4)25-14-20(12-13-24(22)25)27(31)29-16-19(7-2)8-3/h6,9-15,17,19H,7-8,16,18H2,1-5H3,(H,29,31)/b9-6+. The second-order valence-corrected chi connectivity index (χ2v) is 8.36. The molecule has 0 bridgehead atoms. The lowest BCUT2D eigenvalue weighted by Gasteiger charge is -2.14. The number of methoxy groups -OCH3 is 2. The largest absolute Gasteiger partial charge is 0.496 e. The minimum Gasteiger partial charge on any atom is -0.496 e. The van der Waals surface area contributed by atoms with Crippen LogP contribution >= 0.6 is 0 Å². The highest BCUT2D eigenvalue weighted by Crippen LogP contribution is 2.28. The summed E-state index contributed by atoms with van der Waals surface area (Å²) in [5, 5.41) is 4.15. The number of aromatic nitrogens is 1. The molecule has 3 rings (SSSR count). The molecule has 3 aromatic rings. The first-order chi connectivity index (χ1) is 16.4. The van der Waals surface area contributed by atoms with Crippen molar-refractivity contribution in [3.8, 4) is 5.75 Å². The summed E-state index contributed by atoms with van der Waals surface area (Å²) in [6.45, 7) is 7.48. The Morgan fingerprint density at radius 2 is 1.79 bits per heavy atom. The van der Waals surface area contributed by atoms with E-state index in [4.69, 9.17) is 9.47 Å². The van der Waals surface area contributed by atoms with Crippen LogP contribution < -0.4 is 10.1 Å². The Labute approximate surface area is 201 Å². The third-order valence-electron chi connectivity index (χ3n) is 6.28. The monoisotopic (exact) mass is 462 g/mol. The van der Waals surface area contributed by atoms with Gasteiger partial charge in [0.2, 0.25) is 0 Å². The van der Waals surface area contributed by atoms with Gasteiger partial charge in [-0.05, 0) is 42.7 Å². The lowest BCUT2D eigenvalue weighted by atomic mass is 10.0. The number of fused-ring (bicyclic) bond motifs is 1. The predicted octanol–water partition coefficient (Wildman–Crippen LogP) is 5.68. The molecule has 0 saturated heterocycles. The third kappa shape index (κ3) is 5.50. The average molecular weight is 463 g/mol. The number of ether oxygens (including phenoxy) is 2. The molecule has 1 N–H and O–H groups in total. The Hall–Kier alpha value is -3.54. The molecule has 180 valence electrons. The van der Waals surface area contributed by atoms with Gasteiger partial charge in [-0.1, -0.05) is 51.0 Å². The van der Waals surface area contributed by atoms with E-state index in [1.54, 1.807) is 19.2 Å². The van der Waals surface area contributed by atoms with Gasteiger partial charge in [0.1, 0.15) is 5.75 Å². The number of benzene rings is 2. The van der Waals surface area contributed by atoms with E-state index in [2.05, 4.69) is 36.0 Å². The second kappa shape index (κ2) is 11.5. The van der Waals surface area contributed by atoms with Crippen LogP contribution in [-0.4, -0.2) is 37.2 Å². The number of nitrogens with zero attached hydrogens (tertiary/aromatic N) is 1. The van der Waals surface area contributed by atoms with Gasteiger partial charge in [0.25, 0.3) is 5.91 Å². The van der Waals surface area contributed by atoms with E-state index in [9.17, 15) is 9.59 Å². The lowest BCUT2D eigenvalue weighted by molar-refractivity contribution is 0.0600. The average Bonchev–Trinajstić information content (AvgIpc) is 3.20. The molecule has 0 aliphatic heterocycles. The number of carbonyl (C=O) groups excluding carboxylic acids is 2. The maximum absolute atomic E-state index is 12.9. The number of rotatable bonds is 10. The van der Waals surface area contributed by atoms with E-state index >= 15 is 0 Å². The van der Waals surface area contributed by atoms with Gasteiger partial charge in [0, 0.05) is 34.8 Å². The highest BCUT2D eigenvalue weighted by molar-refractivity contribution is 6.00. The van der Waals surface area contributed by atoms with E-state index in [-0.39, 0.29) is 5.91 Å². The summed E-state index contributed by atoms with van der Waals surface area (Å²) >= 11 is 0. The van der Waals surface area contributed by atoms with Crippen molar-refractivity contribution in [2.45, 2.75) is 40.2 Å². The Morgan fingerprint density at radius 3 is 2.44 bits per heavy atom. The molecule has 1 heterocycles. The second-order valence-electron chi connectivity index (χ2n) is 8.36. The Bertz CT molecular complexity index is 1190. The molecule has 0 atom stereocenters. The van der Waals surface area contributed by atoms with Gasteiger partial charge in [0.05, 0.1) is 26.3 Å². The SMILES string of the molecule is C/C=C/c1cn(Cc2ccc(C(=O)OC)cc2OC)c2cc(C(=O)NCC(CC)CC)ccc12. The van der Waals surface area contributed by atoms with E-state index < -0.39 is 5.97 Å². The maximum Gasteiger partial charge on any atom is 0.337 e. The molecule has 6 nitrogen and oxygen atoms in total. The zero-order chi connectivity index (χ0) is 24.7. The molecule has 34 heavy (non-hydrogen) atoms. The van der Waals surface area contributed by atoms with Gasteiger partial charge in [-0.3, -0.25) is 4.79 Å². The topological polar surface area (TPSA) is 69.6 Å². The molecule has 2 aromatic carbocycles. The number of hydrogen-bond acceptors (Lipinski definition) is 4. The van der Waals surface area contributed by atoms with E-state index in [0.29, 0.717) is 35.9 Å². The zero-order valence-corrected chi connectivity index (χ0v) is 20.7. The third-order valence-corrected chi connectivity index (χ3v) is 6.28. The Kier molecular flexibility index (Phi) is 8.52. The van der Waals surface area contributed by atoms with E-state index in [0.717, 1.165) is 34.9 Å². The molecule has 0 fully saturated rings. The molecular weight excluding hydrogens is 428 g/mol. The van der Waals surface area contributed by atoms with Crippen molar-refractivity contribution in [3.63, 3.8) is 0 Å². The lowest BCUT2D eigenvalue weighted by Crippen LogP contribution is -2.28. The first-order valence-electron chi connectivity index (χ1n) is 11.7. The number of carbonyl (C=O) groups is 2. The maximum atomic E-state index is 12.9. The zero-order valence-electron chi connectivity index (χ0n) is 20.7. The fourth-order valence-electron chi connectivity index (χ4n) is 4.12. The molecule has 6 heteroatoms. The van der Waals surface area contributed by atoms with Crippen LogP contribution in [0.5, 0.6) is 5.75 Å². The van der Waals surface area contributed by atoms with Gasteiger partial charge in [0.15, 0.2) is 0 Å². The molecule has 1 amide bonds. The number of hydrogen-bond donors (Lipinski definition) is 1. The highest BCUT2D eigenvalue weighted by atomic mass is 16.5. The van der Waals surface area contributed by atoms with Crippen LogP contribution in [0.2, 0.25) is 0 Å². The molecule has 0 aliphatic rings. The van der Waals surface area contributed by atoms with Crippen LogP contribution in [0.3, 0.4) is 0 Å². The van der Waals surface area contributed by atoms with Gasteiger partial charge < -0.3 is 19.4 Å². The fourth-order valence-corrected chi connectivity index (χ4v) is 4.12. The summed E-state index contributed by atoms with van der Waals surface area (Å²) in [5.41, 5.74) is 4.03. The van der Waals surface area contributed by atoms with Crippen molar-refractivity contribution in [2.75, 3.05) is 20.8 Å². The predicted molar refractivity (Wildman–Crippen MR) is 136 cm³/mol. The quantitative estimate of drug-likeness (QED) is 0.393.